The van der Waals surface area contributed by atoms with Gasteiger partial charge in [0, 0.05) is 12.4 Å². The van der Waals surface area contributed by atoms with Gasteiger partial charge in [0.05, 0.1) is 24.6 Å². The van der Waals surface area contributed by atoms with Gasteiger partial charge in [0.25, 0.3) is 0 Å². The van der Waals surface area contributed by atoms with Crippen LogP contribution in [-0.4, -0.2) is 31.9 Å². The SMILES string of the molecule is O=C([O-])c1c[nH]cn1.O=C([O-])c1c[nH]cn1.[Ni+2].[OH3+].[OH3+]. The molecule has 2 aromatic rings. The topological polar surface area (TPSA) is 204 Å². The number of aromatic amines is 2. The number of nitrogens with one attached hydrogen (secondary N) is 2. The summed E-state index contributed by atoms with van der Waals surface area (Å²) in [5.41, 5.74) is -0.130. The average molecular weight is 319 g/mol. The van der Waals surface area contributed by atoms with Gasteiger partial charge in [0.1, 0.15) is 11.4 Å². The van der Waals surface area contributed by atoms with Crippen LogP contribution in [-0.2, 0) is 27.4 Å². The molecule has 10 nitrogen and oxygen atoms in total. The summed E-state index contributed by atoms with van der Waals surface area (Å²) in [6.45, 7) is 0. The summed E-state index contributed by atoms with van der Waals surface area (Å²) < 4.78 is 0. The molecule has 0 radical (unpaired) electrons. The Bertz CT molecular complexity index is 413. The Morgan fingerprint density at radius 3 is 1.32 bits per heavy atom. The number of imidazole rings is 2. The van der Waals surface area contributed by atoms with E-state index in [9.17, 15) is 19.8 Å². The molecule has 108 valence electrons. The molecule has 0 aliphatic rings. The van der Waals surface area contributed by atoms with Crippen LogP contribution in [0.5, 0.6) is 0 Å². The van der Waals surface area contributed by atoms with Crippen LogP contribution in [0.25, 0.3) is 0 Å². The summed E-state index contributed by atoms with van der Waals surface area (Å²) in [7, 11) is 0. The largest absolute Gasteiger partial charge is 2.00 e. The van der Waals surface area contributed by atoms with E-state index in [1.807, 2.05) is 0 Å². The molecule has 0 spiro atoms. The molecule has 0 amide bonds. The molecule has 0 saturated heterocycles. The second-order valence-electron chi connectivity index (χ2n) is 2.48. The monoisotopic (exact) mass is 318 g/mol. The van der Waals surface area contributed by atoms with Gasteiger partial charge in [0.15, 0.2) is 0 Å². The van der Waals surface area contributed by atoms with Gasteiger partial charge >= 0.3 is 16.5 Å². The molecule has 0 atom stereocenters. The maximum Gasteiger partial charge on any atom is 2.00 e. The number of carbonyl (C=O) groups is 2. The third kappa shape index (κ3) is 7.65. The number of rotatable bonds is 2. The van der Waals surface area contributed by atoms with Gasteiger partial charge in [0.2, 0.25) is 0 Å². The molecule has 11 heteroatoms. The van der Waals surface area contributed by atoms with Crippen molar-refractivity contribution in [3.63, 3.8) is 0 Å². The zero-order valence-corrected chi connectivity index (χ0v) is 10.3. The Labute approximate surface area is 116 Å². The van der Waals surface area contributed by atoms with E-state index in [1.54, 1.807) is 0 Å². The first-order chi connectivity index (χ1) is 7.61. The zero-order valence-electron chi connectivity index (χ0n) is 9.31. The van der Waals surface area contributed by atoms with Crippen LogP contribution in [0.3, 0.4) is 0 Å². The number of hydrogen-bond donors (Lipinski definition) is 2. The van der Waals surface area contributed by atoms with E-state index < -0.39 is 11.9 Å². The van der Waals surface area contributed by atoms with Crippen LogP contribution in [0, 0.1) is 0 Å². The molecular weight excluding hydrogens is 307 g/mol. The summed E-state index contributed by atoms with van der Waals surface area (Å²) in [6.07, 6.45) is 5.08. The molecule has 0 unspecified atom stereocenters. The number of hydrogen-bond acceptors (Lipinski definition) is 6. The molecule has 0 saturated carbocycles. The van der Waals surface area contributed by atoms with Crippen molar-refractivity contribution in [1.82, 2.24) is 19.9 Å². The number of H-pyrrole nitrogens is 2. The van der Waals surface area contributed by atoms with E-state index in [1.165, 1.54) is 25.0 Å². The van der Waals surface area contributed by atoms with E-state index in [0.29, 0.717) is 0 Å². The van der Waals surface area contributed by atoms with Gasteiger partial charge in [-0.2, -0.15) is 0 Å². The Hall–Kier alpha value is -2.23. The fourth-order valence-corrected chi connectivity index (χ4v) is 0.744. The van der Waals surface area contributed by atoms with Gasteiger partial charge < -0.3 is 40.7 Å². The fraction of sp³-hybridized carbons (Fsp3) is 0. The minimum Gasteiger partial charge on any atom is -0.543 e. The standard InChI is InChI=1S/2C4H4N2O2.Ni.2H2O/c2*7-4(8)3-1-5-2-6-3;;;/h2*1-2H,(H,5,6)(H,7,8);;2*1H2/q;;+2;;. The van der Waals surface area contributed by atoms with Crippen LogP contribution in [0.1, 0.15) is 21.0 Å². The Morgan fingerprint density at radius 2 is 1.21 bits per heavy atom. The molecule has 2 heterocycles. The van der Waals surface area contributed by atoms with Crippen molar-refractivity contribution in [2.75, 3.05) is 0 Å². The molecule has 0 aliphatic heterocycles. The molecule has 0 aromatic carbocycles. The first-order valence-electron chi connectivity index (χ1n) is 4.01. The van der Waals surface area contributed by atoms with Crippen molar-refractivity contribution in [2.24, 2.45) is 0 Å². The van der Waals surface area contributed by atoms with Crippen LogP contribution >= 0.6 is 0 Å². The molecule has 2 aromatic heterocycles. The third-order valence-electron chi connectivity index (χ3n) is 1.41. The van der Waals surface area contributed by atoms with Gasteiger partial charge in [-0.15, -0.1) is 0 Å². The summed E-state index contributed by atoms with van der Waals surface area (Å²) in [6, 6.07) is 0. The van der Waals surface area contributed by atoms with Crippen LogP contribution in [0.4, 0.5) is 0 Å². The molecule has 19 heavy (non-hydrogen) atoms. The van der Waals surface area contributed by atoms with E-state index in [2.05, 4.69) is 19.9 Å². The average Bonchev–Trinajstić information content (AvgIpc) is 2.93. The van der Waals surface area contributed by atoms with E-state index in [0.717, 1.165) is 0 Å². The van der Waals surface area contributed by atoms with Crippen molar-refractivity contribution >= 4 is 11.9 Å². The number of carboxylic acids is 2. The van der Waals surface area contributed by atoms with Gasteiger partial charge in [-0.3, -0.25) is 0 Å². The van der Waals surface area contributed by atoms with Crippen LogP contribution < -0.4 is 10.2 Å². The maximum absolute atomic E-state index is 9.87. The summed E-state index contributed by atoms with van der Waals surface area (Å²) in [4.78, 5) is 31.5. The van der Waals surface area contributed by atoms with E-state index in [-0.39, 0.29) is 38.8 Å². The Kier molecular flexibility index (Phi) is 12.6. The van der Waals surface area contributed by atoms with Gasteiger partial charge in [-0.25, -0.2) is 9.97 Å². The number of nitrogens with zero attached hydrogens (tertiary/aromatic N) is 2. The van der Waals surface area contributed by atoms with Crippen molar-refractivity contribution in [3.05, 3.63) is 36.4 Å². The minimum absolute atomic E-state index is 0. The summed E-state index contributed by atoms with van der Waals surface area (Å²) in [5, 5.41) is 19.7. The molecule has 8 N–H and O–H groups in total. The van der Waals surface area contributed by atoms with Gasteiger partial charge in [-0.05, 0) is 0 Å². The summed E-state index contributed by atoms with van der Waals surface area (Å²) in [5.74, 6) is -2.52. The second kappa shape index (κ2) is 10.9. The smallest absolute Gasteiger partial charge is 0.543 e. The number of aromatic carboxylic acids is 2. The third-order valence-corrected chi connectivity index (χ3v) is 1.41. The summed E-state index contributed by atoms with van der Waals surface area (Å²) >= 11 is 0. The molecule has 0 aliphatic carbocycles. The van der Waals surface area contributed by atoms with E-state index in [4.69, 9.17) is 0 Å². The first kappa shape index (κ1) is 22.0. The predicted molar refractivity (Wildman–Crippen MR) is 55.6 cm³/mol. The van der Waals surface area contributed by atoms with Crippen molar-refractivity contribution < 1.29 is 47.2 Å². The molecular formula is C8H12N4NiO6+2. The van der Waals surface area contributed by atoms with Crippen LogP contribution in [0.15, 0.2) is 25.0 Å². The zero-order chi connectivity index (χ0) is 12.0. The molecule has 0 bridgehead atoms. The number of carbonyl (C=O) groups excluding carboxylic acids is 2. The molecule has 2 rings (SSSR count). The van der Waals surface area contributed by atoms with Crippen molar-refractivity contribution in [1.29, 1.82) is 0 Å². The fourth-order valence-electron chi connectivity index (χ4n) is 0.744. The van der Waals surface area contributed by atoms with Gasteiger partial charge in [-0.1, -0.05) is 0 Å². The quantitative estimate of drug-likeness (QED) is 0.413. The number of carboxylic acid groups (broad SMARTS) is 2. The number of aromatic nitrogens is 4. The van der Waals surface area contributed by atoms with Crippen molar-refractivity contribution in [3.8, 4) is 0 Å². The van der Waals surface area contributed by atoms with Crippen LogP contribution in [0.2, 0.25) is 0 Å². The Morgan fingerprint density at radius 1 is 0.895 bits per heavy atom. The first-order valence-corrected chi connectivity index (χ1v) is 4.01. The Balaban J connectivity index is -0.000000233. The maximum atomic E-state index is 9.87. The normalized spacial score (nSPS) is 7.58. The minimum atomic E-state index is -1.26. The van der Waals surface area contributed by atoms with E-state index >= 15 is 0 Å². The van der Waals surface area contributed by atoms with Crippen molar-refractivity contribution in [2.45, 2.75) is 0 Å². The second-order valence-corrected chi connectivity index (χ2v) is 2.48. The predicted octanol–water partition coefficient (Wildman–Crippen LogP) is -4.30. The molecule has 0 fully saturated rings.